The number of fused-ring (bicyclic) bond motifs is 1. The van der Waals surface area contributed by atoms with Gasteiger partial charge < -0.3 is 14.6 Å². The first-order valence-electron chi connectivity index (χ1n) is 7.69. The van der Waals surface area contributed by atoms with Gasteiger partial charge in [-0.1, -0.05) is 12.1 Å². The van der Waals surface area contributed by atoms with E-state index in [1.54, 1.807) is 0 Å². The van der Waals surface area contributed by atoms with Crippen LogP contribution in [0.3, 0.4) is 0 Å². The molecule has 1 aromatic carbocycles. The third-order valence-corrected chi connectivity index (χ3v) is 3.92. The van der Waals surface area contributed by atoms with E-state index >= 15 is 0 Å². The SMILES string of the molecule is CCOc1ccc(NC(=O)c2noc3c2C[C@@H](C)CC3)cc1. The number of nitrogens with zero attached hydrogens (tertiary/aromatic N) is 1. The summed E-state index contributed by atoms with van der Waals surface area (Å²) in [6, 6.07) is 7.30. The van der Waals surface area contributed by atoms with E-state index in [4.69, 9.17) is 9.26 Å². The maximum Gasteiger partial charge on any atom is 0.278 e. The standard InChI is InChI=1S/C17H20N2O3/c1-3-21-13-7-5-12(6-8-13)18-17(20)16-14-10-11(2)4-9-15(14)22-19-16/h5-8,11H,3-4,9-10H2,1-2H3,(H,18,20)/t11-/m0/s1. The van der Waals surface area contributed by atoms with Crippen LogP contribution >= 0.6 is 0 Å². The van der Waals surface area contributed by atoms with E-state index in [9.17, 15) is 4.79 Å². The molecule has 1 aliphatic carbocycles. The number of nitrogens with one attached hydrogen (secondary N) is 1. The first-order valence-corrected chi connectivity index (χ1v) is 7.69. The summed E-state index contributed by atoms with van der Waals surface area (Å²) in [6.07, 6.45) is 2.80. The van der Waals surface area contributed by atoms with E-state index in [1.807, 2.05) is 31.2 Å². The lowest BCUT2D eigenvalue weighted by molar-refractivity contribution is 0.101. The van der Waals surface area contributed by atoms with E-state index in [-0.39, 0.29) is 5.91 Å². The maximum atomic E-state index is 12.4. The summed E-state index contributed by atoms with van der Waals surface area (Å²) in [5.41, 5.74) is 2.09. The molecule has 1 amide bonds. The van der Waals surface area contributed by atoms with Crippen LogP contribution in [-0.2, 0) is 12.8 Å². The first kappa shape index (κ1) is 14.6. The highest BCUT2D eigenvalue weighted by atomic mass is 16.5. The van der Waals surface area contributed by atoms with Crippen molar-refractivity contribution in [2.75, 3.05) is 11.9 Å². The van der Waals surface area contributed by atoms with Crippen molar-refractivity contribution in [3.8, 4) is 5.75 Å². The molecule has 3 rings (SSSR count). The topological polar surface area (TPSA) is 64.4 Å². The van der Waals surface area contributed by atoms with Crippen LogP contribution in [0.2, 0.25) is 0 Å². The van der Waals surface area contributed by atoms with Crippen LogP contribution in [0.25, 0.3) is 0 Å². The lowest BCUT2D eigenvalue weighted by Crippen LogP contribution is -2.17. The highest BCUT2D eigenvalue weighted by molar-refractivity contribution is 6.04. The fraction of sp³-hybridized carbons (Fsp3) is 0.412. The molecule has 22 heavy (non-hydrogen) atoms. The Bertz CT molecular complexity index is 661. The molecule has 5 nitrogen and oxygen atoms in total. The van der Waals surface area contributed by atoms with Crippen molar-refractivity contribution in [1.29, 1.82) is 0 Å². The molecule has 1 aromatic heterocycles. The molecule has 0 fully saturated rings. The third kappa shape index (κ3) is 2.98. The average Bonchev–Trinajstić information content (AvgIpc) is 2.92. The summed E-state index contributed by atoms with van der Waals surface area (Å²) in [4.78, 5) is 12.4. The monoisotopic (exact) mass is 300 g/mol. The van der Waals surface area contributed by atoms with Crippen LogP contribution in [0.4, 0.5) is 5.69 Å². The van der Waals surface area contributed by atoms with Crippen LogP contribution in [0.1, 0.15) is 42.1 Å². The van der Waals surface area contributed by atoms with Gasteiger partial charge in [0.05, 0.1) is 6.61 Å². The van der Waals surface area contributed by atoms with Gasteiger partial charge in [-0.05, 0) is 49.9 Å². The number of hydrogen-bond acceptors (Lipinski definition) is 4. The summed E-state index contributed by atoms with van der Waals surface area (Å²) < 4.78 is 10.7. The largest absolute Gasteiger partial charge is 0.494 e. The van der Waals surface area contributed by atoms with Gasteiger partial charge >= 0.3 is 0 Å². The predicted molar refractivity (Wildman–Crippen MR) is 83.3 cm³/mol. The Morgan fingerprint density at radius 2 is 2.18 bits per heavy atom. The molecule has 0 bridgehead atoms. The average molecular weight is 300 g/mol. The Hall–Kier alpha value is -2.30. The number of amides is 1. The minimum atomic E-state index is -0.219. The Kier molecular flexibility index (Phi) is 4.13. The van der Waals surface area contributed by atoms with Gasteiger partial charge in [-0.3, -0.25) is 4.79 Å². The number of carbonyl (C=O) groups excluding carboxylic acids is 1. The summed E-state index contributed by atoms with van der Waals surface area (Å²) in [6.45, 7) is 4.74. The molecule has 1 N–H and O–H groups in total. The number of rotatable bonds is 4. The van der Waals surface area contributed by atoms with Gasteiger partial charge in [0.15, 0.2) is 5.69 Å². The van der Waals surface area contributed by atoms with Crippen molar-refractivity contribution in [1.82, 2.24) is 5.16 Å². The molecule has 0 aliphatic heterocycles. The quantitative estimate of drug-likeness (QED) is 0.939. The summed E-state index contributed by atoms with van der Waals surface area (Å²) in [7, 11) is 0. The first-order chi connectivity index (χ1) is 10.7. The number of hydrogen-bond donors (Lipinski definition) is 1. The van der Waals surface area contributed by atoms with Crippen molar-refractivity contribution in [3.05, 3.63) is 41.3 Å². The number of ether oxygens (including phenoxy) is 1. The van der Waals surface area contributed by atoms with E-state index < -0.39 is 0 Å². The number of anilines is 1. The van der Waals surface area contributed by atoms with Gasteiger partial charge in [-0.25, -0.2) is 0 Å². The second kappa shape index (κ2) is 6.22. The summed E-state index contributed by atoms with van der Waals surface area (Å²) in [5.74, 6) is 1.98. The number of carbonyl (C=O) groups is 1. The molecule has 1 heterocycles. The zero-order valence-corrected chi connectivity index (χ0v) is 12.9. The maximum absolute atomic E-state index is 12.4. The molecule has 0 spiro atoms. The van der Waals surface area contributed by atoms with Crippen LogP contribution in [0, 0.1) is 5.92 Å². The van der Waals surface area contributed by atoms with E-state index in [0.717, 1.165) is 36.3 Å². The number of aryl methyl sites for hydroxylation is 1. The van der Waals surface area contributed by atoms with Crippen LogP contribution in [0.5, 0.6) is 5.75 Å². The van der Waals surface area contributed by atoms with Crippen molar-refractivity contribution >= 4 is 11.6 Å². The number of benzene rings is 1. The second-order valence-electron chi connectivity index (χ2n) is 5.69. The highest BCUT2D eigenvalue weighted by Gasteiger charge is 2.26. The molecule has 0 saturated carbocycles. The van der Waals surface area contributed by atoms with Gasteiger partial charge in [-0.2, -0.15) is 0 Å². The molecule has 5 heteroatoms. The normalized spacial score (nSPS) is 16.9. The van der Waals surface area contributed by atoms with Crippen LogP contribution in [0.15, 0.2) is 28.8 Å². The molecule has 2 aromatic rings. The highest BCUT2D eigenvalue weighted by Crippen LogP contribution is 2.28. The second-order valence-corrected chi connectivity index (χ2v) is 5.69. The summed E-state index contributed by atoms with van der Waals surface area (Å²) >= 11 is 0. The molecule has 0 radical (unpaired) electrons. The van der Waals surface area contributed by atoms with Gasteiger partial charge in [0.25, 0.3) is 5.91 Å². The summed E-state index contributed by atoms with van der Waals surface area (Å²) in [5, 5.41) is 6.83. The van der Waals surface area contributed by atoms with E-state index in [0.29, 0.717) is 23.9 Å². The lowest BCUT2D eigenvalue weighted by Gasteiger charge is -2.16. The molecular weight excluding hydrogens is 280 g/mol. The van der Waals surface area contributed by atoms with Gasteiger partial charge in [0.1, 0.15) is 11.5 Å². The van der Waals surface area contributed by atoms with Crippen LogP contribution in [-0.4, -0.2) is 17.7 Å². The Labute approximate surface area is 129 Å². The lowest BCUT2D eigenvalue weighted by atomic mass is 9.88. The van der Waals surface area contributed by atoms with Gasteiger partial charge in [0, 0.05) is 17.7 Å². The predicted octanol–water partition coefficient (Wildman–Crippen LogP) is 3.45. The van der Waals surface area contributed by atoms with Crippen molar-refractivity contribution in [3.63, 3.8) is 0 Å². The third-order valence-electron chi connectivity index (χ3n) is 3.92. The van der Waals surface area contributed by atoms with Crippen molar-refractivity contribution in [2.45, 2.75) is 33.1 Å². The van der Waals surface area contributed by atoms with E-state index in [1.165, 1.54) is 0 Å². The Morgan fingerprint density at radius 1 is 1.41 bits per heavy atom. The van der Waals surface area contributed by atoms with E-state index in [2.05, 4.69) is 17.4 Å². The van der Waals surface area contributed by atoms with Crippen molar-refractivity contribution in [2.24, 2.45) is 5.92 Å². The van der Waals surface area contributed by atoms with Crippen LogP contribution < -0.4 is 10.1 Å². The minimum absolute atomic E-state index is 0.219. The fourth-order valence-corrected chi connectivity index (χ4v) is 2.75. The Balaban J connectivity index is 1.73. The van der Waals surface area contributed by atoms with Gasteiger partial charge in [-0.15, -0.1) is 0 Å². The molecular formula is C17H20N2O3. The molecule has 116 valence electrons. The number of aromatic nitrogens is 1. The van der Waals surface area contributed by atoms with Crippen molar-refractivity contribution < 1.29 is 14.1 Å². The molecule has 1 atom stereocenters. The zero-order valence-electron chi connectivity index (χ0n) is 12.9. The molecule has 0 saturated heterocycles. The smallest absolute Gasteiger partial charge is 0.278 e. The van der Waals surface area contributed by atoms with Gasteiger partial charge in [0.2, 0.25) is 0 Å². The molecule has 0 unspecified atom stereocenters. The Morgan fingerprint density at radius 3 is 2.91 bits per heavy atom. The minimum Gasteiger partial charge on any atom is -0.494 e. The fourth-order valence-electron chi connectivity index (χ4n) is 2.75. The zero-order chi connectivity index (χ0) is 15.5. The molecule has 1 aliphatic rings.